The number of benzene rings is 1. The van der Waals surface area contributed by atoms with Crippen molar-refractivity contribution in [2.75, 3.05) is 21.3 Å². The van der Waals surface area contributed by atoms with Gasteiger partial charge >= 0.3 is 5.97 Å². The summed E-state index contributed by atoms with van der Waals surface area (Å²) in [4.78, 5) is 11.2. The van der Waals surface area contributed by atoms with Gasteiger partial charge in [-0.05, 0) is 12.1 Å². The van der Waals surface area contributed by atoms with Crippen LogP contribution in [0.4, 0.5) is 0 Å². The van der Waals surface area contributed by atoms with Gasteiger partial charge in [-0.1, -0.05) is 6.07 Å². The van der Waals surface area contributed by atoms with Crippen LogP contribution >= 0.6 is 0 Å². The van der Waals surface area contributed by atoms with Crippen LogP contribution in [0.1, 0.15) is 15.9 Å². The molecule has 4 nitrogen and oxygen atoms in total. The summed E-state index contributed by atoms with van der Waals surface area (Å²) < 4.78 is 14.8. The molecule has 0 amide bonds. The van der Waals surface area contributed by atoms with E-state index in [4.69, 9.17) is 9.47 Å². The minimum absolute atomic E-state index is 0.378. The van der Waals surface area contributed by atoms with Crippen LogP contribution in [0.3, 0.4) is 0 Å². The van der Waals surface area contributed by atoms with Gasteiger partial charge in [-0.15, -0.1) is 0 Å². The zero-order valence-corrected chi connectivity index (χ0v) is 9.07. The Hall–Kier alpha value is -1.55. The number of ether oxygens (including phenoxy) is 3. The van der Waals surface area contributed by atoms with E-state index in [-0.39, 0.29) is 5.97 Å². The zero-order valence-electron chi connectivity index (χ0n) is 9.07. The van der Waals surface area contributed by atoms with Crippen LogP contribution in [0.15, 0.2) is 18.2 Å². The molecule has 0 aromatic heterocycles. The maximum absolute atomic E-state index is 11.2. The van der Waals surface area contributed by atoms with Crippen LogP contribution in [0, 0.1) is 0 Å². The van der Waals surface area contributed by atoms with Gasteiger partial charge in [0.15, 0.2) is 0 Å². The van der Waals surface area contributed by atoms with Crippen LogP contribution < -0.4 is 4.74 Å². The maximum Gasteiger partial charge on any atom is 0.337 e. The van der Waals surface area contributed by atoms with Crippen molar-refractivity contribution < 1.29 is 19.0 Å². The van der Waals surface area contributed by atoms with Gasteiger partial charge in [0.25, 0.3) is 0 Å². The molecule has 0 fully saturated rings. The molecule has 0 atom stereocenters. The second kappa shape index (κ2) is 5.36. The van der Waals surface area contributed by atoms with Crippen molar-refractivity contribution in [2.45, 2.75) is 6.61 Å². The van der Waals surface area contributed by atoms with Crippen LogP contribution in [0.25, 0.3) is 0 Å². The molecule has 0 unspecified atom stereocenters. The standard InChI is InChI=1S/C11H14O4/c1-13-7-9-5-4-8(11(12)15-3)6-10(9)14-2/h4-6H,7H2,1-3H3. The zero-order chi connectivity index (χ0) is 11.3. The fourth-order valence-corrected chi connectivity index (χ4v) is 1.26. The maximum atomic E-state index is 11.2. The lowest BCUT2D eigenvalue weighted by Gasteiger charge is -2.08. The molecule has 0 saturated carbocycles. The number of rotatable bonds is 4. The van der Waals surface area contributed by atoms with Gasteiger partial charge in [0.1, 0.15) is 5.75 Å². The molecule has 0 N–H and O–H groups in total. The first-order valence-electron chi connectivity index (χ1n) is 4.47. The van der Waals surface area contributed by atoms with Crippen LogP contribution in [0.2, 0.25) is 0 Å². The highest BCUT2D eigenvalue weighted by Crippen LogP contribution is 2.21. The Labute approximate surface area is 88.8 Å². The normalized spacial score (nSPS) is 9.80. The highest BCUT2D eigenvalue weighted by molar-refractivity contribution is 5.89. The predicted octanol–water partition coefficient (Wildman–Crippen LogP) is 1.63. The lowest BCUT2D eigenvalue weighted by molar-refractivity contribution is 0.0600. The predicted molar refractivity (Wildman–Crippen MR) is 55.0 cm³/mol. The lowest BCUT2D eigenvalue weighted by Crippen LogP contribution is -2.03. The first-order chi connectivity index (χ1) is 7.22. The largest absolute Gasteiger partial charge is 0.496 e. The van der Waals surface area contributed by atoms with E-state index >= 15 is 0 Å². The van der Waals surface area contributed by atoms with Crippen molar-refractivity contribution >= 4 is 5.97 Å². The lowest BCUT2D eigenvalue weighted by atomic mass is 10.1. The highest BCUT2D eigenvalue weighted by atomic mass is 16.5. The molecule has 4 heteroatoms. The third-order valence-electron chi connectivity index (χ3n) is 2.01. The van der Waals surface area contributed by atoms with Gasteiger partial charge in [-0.2, -0.15) is 0 Å². The molecule has 1 rings (SSSR count). The molecule has 82 valence electrons. The average Bonchev–Trinajstić information content (AvgIpc) is 2.29. The Bertz CT molecular complexity index is 346. The summed E-state index contributed by atoms with van der Waals surface area (Å²) in [5.41, 5.74) is 1.36. The molecule has 0 bridgehead atoms. The average molecular weight is 210 g/mol. The molecule has 1 aromatic carbocycles. The van der Waals surface area contributed by atoms with Crippen LogP contribution in [-0.2, 0) is 16.1 Å². The van der Waals surface area contributed by atoms with Gasteiger partial charge in [0, 0.05) is 12.7 Å². The van der Waals surface area contributed by atoms with Gasteiger partial charge in [0.2, 0.25) is 0 Å². The number of carbonyl (C=O) groups excluding carboxylic acids is 1. The third-order valence-corrected chi connectivity index (χ3v) is 2.01. The third kappa shape index (κ3) is 2.70. The number of carbonyl (C=O) groups is 1. The minimum Gasteiger partial charge on any atom is -0.496 e. The SMILES string of the molecule is COCc1ccc(C(=O)OC)cc1OC. The summed E-state index contributed by atoms with van der Waals surface area (Å²) in [5, 5.41) is 0. The first-order valence-corrected chi connectivity index (χ1v) is 4.47. The topological polar surface area (TPSA) is 44.8 Å². The molecule has 0 spiro atoms. The van der Waals surface area contributed by atoms with Crippen molar-refractivity contribution in [3.8, 4) is 5.75 Å². The summed E-state index contributed by atoms with van der Waals surface area (Å²) in [7, 11) is 4.50. The Morgan fingerprint density at radius 2 is 2.00 bits per heavy atom. The quantitative estimate of drug-likeness (QED) is 0.708. The van der Waals surface area contributed by atoms with E-state index < -0.39 is 0 Å². The summed E-state index contributed by atoms with van der Waals surface area (Å²) in [6.45, 7) is 0.449. The molecule has 0 aliphatic carbocycles. The molecule has 15 heavy (non-hydrogen) atoms. The second-order valence-electron chi connectivity index (χ2n) is 2.95. The van der Waals surface area contributed by atoms with Crippen molar-refractivity contribution in [1.82, 2.24) is 0 Å². The fraction of sp³-hybridized carbons (Fsp3) is 0.364. The van der Waals surface area contributed by atoms with Crippen molar-refractivity contribution in [2.24, 2.45) is 0 Å². The molecule has 0 heterocycles. The van der Waals surface area contributed by atoms with E-state index in [0.29, 0.717) is 17.9 Å². The van der Waals surface area contributed by atoms with Crippen molar-refractivity contribution in [1.29, 1.82) is 0 Å². The smallest absolute Gasteiger partial charge is 0.337 e. The molecule has 0 radical (unpaired) electrons. The monoisotopic (exact) mass is 210 g/mol. The van der Waals surface area contributed by atoms with E-state index in [2.05, 4.69) is 4.74 Å². The molecular formula is C11H14O4. The molecule has 0 aliphatic heterocycles. The summed E-state index contributed by atoms with van der Waals surface area (Å²) in [5.74, 6) is 0.247. The van der Waals surface area contributed by atoms with Gasteiger partial charge in [-0.25, -0.2) is 4.79 Å². The Morgan fingerprint density at radius 3 is 2.53 bits per heavy atom. The number of hydrogen-bond donors (Lipinski definition) is 0. The van der Waals surface area contributed by atoms with Crippen LogP contribution in [-0.4, -0.2) is 27.3 Å². The van der Waals surface area contributed by atoms with E-state index in [1.165, 1.54) is 7.11 Å². The summed E-state index contributed by atoms with van der Waals surface area (Å²) in [6.07, 6.45) is 0. The number of hydrogen-bond acceptors (Lipinski definition) is 4. The van der Waals surface area contributed by atoms with E-state index in [0.717, 1.165) is 5.56 Å². The molecule has 0 aliphatic rings. The molecular weight excluding hydrogens is 196 g/mol. The van der Waals surface area contributed by atoms with E-state index in [1.807, 2.05) is 0 Å². The Morgan fingerprint density at radius 1 is 1.27 bits per heavy atom. The van der Waals surface area contributed by atoms with E-state index in [9.17, 15) is 4.79 Å². The summed E-state index contributed by atoms with van der Waals surface area (Å²) >= 11 is 0. The van der Waals surface area contributed by atoms with Crippen molar-refractivity contribution in [3.05, 3.63) is 29.3 Å². The Balaban J connectivity index is 3.01. The van der Waals surface area contributed by atoms with Gasteiger partial charge < -0.3 is 14.2 Å². The Kier molecular flexibility index (Phi) is 4.12. The van der Waals surface area contributed by atoms with Crippen LogP contribution in [0.5, 0.6) is 5.75 Å². The van der Waals surface area contributed by atoms with Gasteiger partial charge in [0.05, 0.1) is 26.4 Å². The molecule has 1 aromatic rings. The first kappa shape index (κ1) is 11.5. The number of esters is 1. The summed E-state index contributed by atoms with van der Waals surface area (Å²) in [6, 6.07) is 5.11. The minimum atomic E-state index is -0.378. The fourth-order valence-electron chi connectivity index (χ4n) is 1.26. The highest BCUT2D eigenvalue weighted by Gasteiger charge is 2.09. The van der Waals surface area contributed by atoms with Gasteiger partial charge in [-0.3, -0.25) is 0 Å². The van der Waals surface area contributed by atoms with E-state index in [1.54, 1.807) is 32.4 Å². The van der Waals surface area contributed by atoms with Crippen molar-refractivity contribution in [3.63, 3.8) is 0 Å². The second-order valence-corrected chi connectivity index (χ2v) is 2.95. The molecule has 0 saturated heterocycles. The number of methoxy groups -OCH3 is 3.